The van der Waals surface area contributed by atoms with Crippen molar-refractivity contribution in [1.29, 1.82) is 0 Å². The molecule has 0 atom stereocenters. The lowest BCUT2D eigenvalue weighted by Crippen LogP contribution is -2.23. The molecule has 0 amide bonds. The second-order valence-corrected chi connectivity index (χ2v) is 6.89. The van der Waals surface area contributed by atoms with Crippen molar-refractivity contribution in [3.05, 3.63) is 81.9 Å². The van der Waals surface area contributed by atoms with E-state index in [-0.39, 0.29) is 5.56 Å². The third-order valence-electron chi connectivity index (χ3n) is 4.45. The highest BCUT2D eigenvalue weighted by molar-refractivity contribution is 6.33. The molecule has 152 valence electrons. The number of hydrogen-bond donors (Lipinski definition) is 0. The Morgan fingerprint density at radius 3 is 2.63 bits per heavy atom. The minimum Gasteiger partial charge on any atom is -0.494 e. The molecule has 7 nitrogen and oxygen atoms in total. The molecule has 0 saturated heterocycles. The van der Waals surface area contributed by atoms with E-state index >= 15 is 0 Å². The van der Waals surface area contributed by atoms with Crippen LogP contribution in [0.25, 0.3) is 22.6 Å². The maximum Gasteiger partial charge on any atom is 0.266 e. The Bertz CT molecular complexity index is 1200. The first-order valence-electron chi connectivity index (χ1n) is 9.53. The van der Waals surface area contributed by atoms with Gasteiger partial charge in [-0.15, -0.1) is 0 Å². The van der Waals surface area contributed by atoms with Gasteiger partial charge in [0.05, 0.1) is 23.9 Å². The van der Waals surface area contributed by atoms with Crippen molar-refractivity contribution in [3.8, 4) is 28.4 Å². The van der Waals surface area contributed by atoms with Crippen LogP contribution < -0.4 is 10.3 Å². The van der Waals surface area contributed by atoms with Gasteiger partial charge in [-0.3, -0.25) is 4.79 Å². The average molecular weight is 423 g/mol. The van der Waals surface area contributed by atoms with E-state index < -0.39 is 0 Å². The van der Waals surface area contributed by atoms with Gasteiger partial charge in [-0.2, -0.15) is 10.1 Å². The fourth-order valence-electron chi connectivity index (χ4n) is 2.96. The summed E-state index contributed by atoms with van der Waals surface area (Å²) in [5.74, 6) is 1.62. The van der Waals surface area contributed by atoms with Crippen molar-refractivity contribution >= 4 is 11.6 Å². The van der Waals surface area contributed by atoms with Crippen molar-refractivity contribution in [3.63, 3.8) is 0 Å². The second-order valence-electron chi connectivity index (χ2n) is 6.48. The number of aryl methyl sites for hydroxylation is 2. The van der Waals surface area contributed by atoms with Crippen molar-refractivity contribution < 1.29 is 9.26 Å². The number of benzene rings is 2. The molecule has 0 radical (unpaired) electrons. The molecule has 8 heteroatoms. The van der Waals surface area contributed by atoms with E-state index in [2.05, 4.69) is 15.2 Å². The number of halogens is 1. The molecule has 0 spiro atoms. The summed E-state index contributed by atoms with van der Waals surface area (Å²) in [6.45, 7) is 2.86. The lowest BCUT2D eigenvalue weighted by molar-refractivity contribution is 0.340. The molecular weight excluding hydrogens is 404 g/mol. The van der Waals surface area contributed by atoms with Crippen molar-refractivity contribution in [2.24, 2.45) is 0 Å². The van der Waals surface area contributed by atoms with Crippen LogP contribution in [0.4, 0.5) is 0 Å². The Hall–Kier alpha value is -3.45. The number of hydrogen-bond acceptors (Lipinski definition) is 6. The van der Waals surface area contributed by atoms with Gasteiger partial charge in [-0.25, -0.2) is 4.68 Å². The molecule has 2 aromatic carbocycles. The van der Waals surface area contributed by atoms with Gasteiger partial charge in [0.25, 0.3) is 5.56 Å². The topological polar surface area (TPSA) is 83.0 Å². The molecule has 0 N–H and O–H groups in total. The average Bonchev–Trinajstić information content (AvgIpc) is 3.23. The maximum atomic E-state index is 12.2. The van der Waals surface area contributed by atoms with Crippen LogP contribution in [0, 0.1) is 0 Å². The minimum atomic E-state index is -0.199. The molecule has 0 fully saturated rings. The van der Waals surface area contributed by atoms with Crippen molar-refractivity contribution in [2.45, 2.75) is 19.9 Å². The van der Waals surface area contributed by atoms with Crippen LogP contribution in [0.3, 0.4) is 0 Å². The summed E-state index contributed by atoms with van der Waals surface area (Å²) in [5.41, 5.74) is 2.09. The van der Waals surface area contributed by atoms with E-state index in [0.29, 0.717) is 47.6 Å². The van der Waals surface area contributed by atoms with Gasteiger partial charge in [0, 0.05) is 23.6 Å². The van der Waals surface area contributed by atoms with Crippen LogP contribution >= 0.6 is 11.6 Å². The first-order valence-corrected chi connectivity index (χ1v) is 9.90. The monoisotopic (exact) mass is 422 g/mol. The van der Waals surface area contributed by atoms with E-state index in [0.717, 1.165) is 11.3 Å². The molecular formula is C22H19ClN4O3. The summed E-state index contributed by atoms with van der Waals surface area (Å²) < 4.78 is 12.2. The predicted octanol–water partition coefficient (Wildman–Crippen LogP) is 4.26. The first kappa shape index (κ1) is 19.8. The normalized spacial score (nSPS) is 10.9. The molecule has 0 bridgehead atoms. The van der Waals surface area contributed by atoms with E-state index in [1.807, 2.05) is 49.4 Å². The molecule has 4 rings (SSSR count). The van der Waals surface area contributed by atoms with Gasteiger partial charge in [0.1, 0.15) is 5.75 Å². The molecule has 0 aliphatic rings. The molecule has 2 heterocycles. The number of rotatable bonds is 7. The zero-order valence-electron chi connectivity index (χ0n) is 16.3. The van der Waals surface area contributed by atoms with Gasteiger partial charge in [0.15, 0.2) is 0 Å². The van der Waals surface area contributed by atoms with Crippen molar-refractivity contribution in [2.75, 3.05) is 6.61 Å². The Labute approximate surface area is 177 Å². The zero-order chi connectivity index (χ0) is 20.9. The number of aromatic nitrogens is 4. The minimum absolute atomic E-state index is 0.199. The highest BCUT2D eigenvalue weighted by Crippen LogP contribution is 2.25. The standard InChI is InChI=1S/C22H19ClN4O3/c1-2-29-16-9-7-15(8-10-16)19-11-12-21(28)27(25-19)14-13-20-24-22(26-30-20)17-5-3-4-6-18(17)23/h3-12H,2,13-14H2,1H3. The van der Waals surface area contributed by atoms with Gasteiger partial charge in [-0.1, -0.05) is 28.9 Å². The Morgan fingerprint density at radius 2 is 1.87 bits per heavy atom. The highest BCUT2D eigenvalue weighted by atomic mass is 35.5. The smallest absolute Gasteiger partial charge is 0.266 e. The number of ether oxygens (including phenoxy) is 1. The molecule has 2 aromatic heterocycles. The second kappa shape index (κ2) is 8.92. The van der Waals surface area contributed by atoms with E-state index in [9.17, 15) is 4.79 Å². The largest absolute Gasteiger partial charge is 0.494 e. The van der Waals surface area contributed by atoms with Gasteiger partial charge >= 0.3 is 0 Å². The Balaban J connectivity index is 1.49. The molecule has 0 saturated carbocycles. The first-order chi connectivity index (χ1) is 14.6. The Morgan fingerprint density at radius 1 is 1.07 bits per heavy atom. The fraction of sp³-hybridized carbons (Fsp3) is 0.182. The van der Waals surface area contributed by atoms with Crippen LogP contribution in [0.15, 0.2) is 70.0 Å². The third-order valence-corrected chi connectivity index (χ3v) is 4.78. The fourth-order valence-corrected chi connectivity index (χ4v) is 3.18. The lowest BCUT2D eigenvalue weighted by Gasteiger charge is -2.07. The van der Waals surface area contributed by atoms with Crippen LogP contribution in [0.1, 0.15) is 12.8 Å². The molecule has 0 unspecified atom stereocenters. The summed E-state index contributed by atoms with van der Waals surface area (Å²) >= 11 is 6.18. The summed E-state index contributed by atoms with van der Waals surface area (Å²) in [6, 6.07) is 18.1. The van der Waals surface area contributed by atoms with Crippen LogP contribution in [-0.4, -0.2) is 26.5 Å². The van der Waals surface area contributed by atoms with Crippen LogP contribution in [0.5, 0.6) is 5.75 Å². The van der Waals surface area contributed by atoms with E-state index in [1.54, 1.807) is 12.1 Å². The highest BCUT2D eigenvalue weighted by Gasteiger charge is 2.12. The SMILES string of the molecule is CCOc1ccc(-c2ccc(=O)n(CCc3nc(-c4ccccc4Cl)no3)n2)cc1. The predicted molar refractivity (Wildman–Crippen MR) is 114 cm³/mol. The van der Waals surface area contributed by atoms with E-state index in [1.165, 1.54) is 10.7 Å². The zero-order valence-corrected chi connectivity index (χ0v) is 17.0. The molecule has 0 aliphatic heterocycles. The quantitative estimate of drug-likeness (QED) is 0.442. The number of nitrogens with zero attached hydrogens (tertiary/aromatic N) is 4. The lowest BCUT2D eigenvalue weighted by atomic mass is 10.1. The maximum absolute atomic E-state index is 12.2. The molecule has 4 aromatic rings. The van der Waals surface area contributed by atoms with Gasteiger partial charge in [-0.05, 0) is 49.4 Å². The van der Waals surface area contributed by atoms with Crippen molar-refractivity contribution in [1.82, 2.24) is 19.9 Å². The molecule has 0 aliphatic carbocycles. The summed E-state index contributed by atoms with van der Waals surface area (Å²) in [6.07, 6.45) is 0.372. The van der Waals surface area contributed by atoms with Gasteiger partial charge in [0.2, 0.25) is 11.7 Å². The third kappa shape index (κ3) is 4.41. The summed E-state index contributed by atoms with van der Waals surface area (Å²) in [5, 5.41) is 8.99. The van der Waals surface area contributed by atoms with Crippen LogP contribution in [-0.2, 0) is 13.0 Å². The Kier molecular flexibility index (Phi) is 5.90. The van der Waals surface area contributed by atoms with Crippen LogP contribution in [0.2, 0.25) is 5.02 Å². The summed E-state index contributed by atoms with van der Waals surface area (Å²) in [4.78, 5) is 16.6. The molecule has 30 heavy (non-hydrogen) atoms. The summed E-state index contributed by atoms with van der Waals surface area (Å²) in [7, 11) is 0. The van der Waals surface area contributed by atoms with Gasteiger partial charge < -0.3 is 9.26 Å². The van der Waals surface area contributed by atoms with E-state index in [4.69, 9.17) is 20.9 Å².